The van der Waals surface area contributed by atoms with E-state index >= 15 is 0 Å². The summed E-state index contributed by atoms with van der Waals surface area (Å²) in [5.41, 5.74) is 0.318. The number of hydrogen-bond donors (Lipinski definition) is 2. The van der Waals surface area contributed by atoms with Gasteiger partial charge >= 0.3 is 0 Å². The molecule has 0 saturated heterocycles. The van der Waals surface area contributed by atoms with Gasteiger partial charge in [-0.05, 0) is 13.3 Å². The Balaban J connectivity index is 2.60. The molecule has 0 aliphatic heterocycles. The van der Waals surface area contributed by atoms with Crippen LogP contribution in [0.2, 0.25) is 0 Å². The molecule has 0 aromatic carbocycles. The third kappa shape index (κ3) is 5.21. The standard InChI is InChI=1S/C13H22N4O2/c1-4-6-10(9-19-3)17-13(18)11-7-16-12(8-15-11)14-5-2/h7-8,10H,4-6,9H2,1-3H3,(H,14,16)(H,17,18). The smallest absolute Gasteiger partial charge is 0.271 e. The lowest BCUT2D eigenvalue weighted by Crippen LogP contribution is -2.38. The summed E-state index contributed by atoms with van der Waals surface area (Å²) in [5.74, 6) is 0.451. The SMILES string of the molecule is CCCC(COC)NC(=O)c1cnc(NCC)cn1. The Kier molecular flexibility index (Phi) is 6.81. The van der Waals surface area contributed by atoms with E-state index in [-0.39, 0.29) is 11.9 Å². The van der Waals surface area contributed by atoms with Crippen LogP contribution in [0.4, 0.5) is 5.82 Å². The van der Waals surface area contributed by atoms with E-state index in [1.165, 1.54) is 6.20 Å². The van der Waals surface area contributed by atoms with Gasteiger partial charge in [0.15, 0.2) is 0 Å². The second-order valence-electron chi connectivity index (χ2n) is 4.23. The summed E-state index contributed by atoms with van der Waals surface area (Å²) in [7, 11) is 1.62. The van der Waals surface area contributed by atoms with E-state index in [1.807, 2.05) is 6.92 Å². The van der Waals surface area contributed by atoms with Gasteiger partial charge in [0.05, 0.1) is 25.0 Å². The van der Waals surface area contributed by atoms with Gasteiger partial charge in [0.2, 0.25) is 0 Å². The number of amides is 1. The van der Waals surface area contributed by atoms with Crippen LogP contribution in [0.3, 0.4) is 0 Å². The molecular weight excluding hydrogens is 244 g/mol. The molecule has 19 heavy (non-hydrogen) atoms. The van der Waals surface area contributed by atoms with Crippen molar-refractivity contribution in [2.75, 3.05) is 25.6 Å². The van der Waals surface area contributed by atoms with Gasteiger partial charge in [-0.1, -0.05) is 13.3 Å². The first-order chi connectivity index (χ1) is 9.21. The van der Waals surface area contributed by atoms with Gasteiger partial charge < -0.3 is 15.4 Å². The number of nitrogens with zero attached hydrogens (tertiary/aromatic N) is 2. The maximum absolute atomic E-state index is 12.0. The highest BCUT2D eigenvalue weighted by Crippen LogP contribution is 2.03. The molecule has 6 heteroatoms. The van der Waals surface area contributed by atoms with E-state index < -0.39 is 0 Å². The zero-order valence-corrected chi connectivity index (χ0v) is 11.8. The zero-order valence-electron chi connectivity index (χ0n) is 11.8. The van der Waals surface area contributed by atoms with Gasteiger partial charge in [0.1, 0.15) is 11.5 Å². The lowest BCUT2D eigenvalue weighted by Gasteiger charge is -2.16. The number of methoxy groups -OCH3 is 1. The van der Waals surface area contributed by atoms with Crippen molar-refractivity contribution in [3.8, 4) is 0 Å². The second kappa shape index (κ2) is 8.42. The molecule has 0 fully saturated rings. The van der Waals surface area contributed by atoms with E-state index in [2.05, 4.69) is 27.5 Å². The Morgan fingerprint density at radius 2 is 2.16 bits per heavy atom. The van der Waals surface area contributed by atoms with E-state index in [0.29, 0.717) is 18.1 Å². The summed E-state index contributed by atoms with van der Waals surface area (Å²) in [4.78, 5) is 20.2. The van der Waals surface area contributed by atoms with Gasteiger partial charge in [-0.25, -0.2) is 9.97 Å². The van der Waals surface area contributed by atoms with Crippen LogP contribution in [0.5, 0.6) is 0 Å². The molecule has 1 aromatic rings. The summed E-state index contributed by atoms with van der Waals surface area (Å²) in [6.07, 6.45) is 4.90. The van der Waals surface area contributed by atoms with Gasteiger partial charge in [-0.2, -0.15) is 0 Å². The lowest BCUT2D eigenvalue weighted by molar-refractivity contribution is 0.0886. The van der Waals surface area contributed by atoms with Crippen molar-refractivity contribution in [1.82, 2.24) is 15.3 Å². The highest BCUT2D eigenvalue weighted by Gasteiger charge is 2.14. The van der Waals surface area contributed by atoms with E-state index in [0.717, 1.165) is 19.4 Å². The molecular formula is C13H22N4O2. The average Bonchev–Trinajstić information content (AvgIpc) is 2.40. The van der Waals surface area contributed by atoms with Crippen LogP contribution in [-0.2, 0) is 4.74 Å². The average molecular weight is 266 g/mol. The quantitative estimate of drug-likeness (QED) is 0.745. The number of hydrogen-bond acceptors (Lipinski definition) is 5. The monoisotopic (exact) mass is 266 g/mol. The molecule has 1 amide bonds. The molecule has 1 unspecified atom stereocenters. The van der Waals surface area contributed by atoms with Crippen molar-refractivity contribution in [3.63, 3.8) is 0 Å². The maximum Gasteiger partial charge on any atom is 0.271 e. The number of nitrogens with one attached hydrogen (secondary N) is 2. The van der Waals surface area contributed by atoms with Crippen molar-refractivity contribution < 1.29 is 9.53 Å². The highest BCUT2D eigenvalue weighted by atomic mass is 16.5. The molecule has 0 aliphatic carbocycles. The summed E-state index contributed by atoms with van der Waals surface area (Å²) < 4.78 is 5.08. The first-order valence-electron chi connectivity index (χ1n) is 6.56. The summed E-state index contributed by atoms with van der Waals surface area (Å²) in [5, 5.41) is 5.93. The number of aromatic nitrogens is 2. The maximum atomic E-state index is 12.0. The predicted octanol–water partition coefficient (Wildman–Crippen LogP) is 1.45. The molecule has 2 N–H and O–H groups in total. The molecule has 0 spiro atoms. The van der Waals surface area contributed by atoms with Crippen LogP contribution >= 0.6 is 0 Å². The van der Waals surface area contributed by atoms with E-state index in [4.69, 9.17) is 4.74 Å². The van der Waals surface area contributed by atoms with E-state index in [9.17, 15) is 4.79 Å². The number of carbonyl (C=O) groups excluding carboxylic acids is 1. The Labute approximate surface area is 114 Å². The predicted molar refractivity (Wildman–Crippen MR) is 74.2 cm³/mol. The zero-order chi connectivity index (χ0) is 14.1. The van der Waals surface area contributed by atoms with Gasteiger partial charge in [0.25, 0.3) is 5.91 Å². The van der Waals surface area contributed by atoms with Crippen molar-refractivity contribution in [2.45, 2.75) is 32.7 Å². The molecule has 106 valence electrons. The van der Waals surface area contributed by atoms with Crippen LogP contribution in [0.1, 0.15) is 37.2 Å². The van der Waals surface area contributed by atoms with Crippen LogP contribution in [0, 0.1) is 0 Å². The molecule has 0 bridgehead atoms. The number of rotatable bonds is 8. The summed E-state index contributed by atoms with van der Waals surface area (Å²) >= 11 is 0. The van der Waals surface area contributed by atoms with E-state index in [1.54, 1.807) is 13.3 Å². The minimum atomic E-state index is -0.217. The Morgan fingerprint density at radius 1 is 1.37 bits per heavy atom. The molecule has 1 heterocycles. The molecule has 1 atom stereocenters. The Hall–Kier alpha value is -1.69. The second-order valence-corrected chi connectivity index (χ2v) is 4.23. The van der Waals surface area contributed by atoms with Gasteiger partial charge in [-0.3, -0.25) is 4.79 Å². The number of anilines is 1. The van der Waals surface area contributed by atoms with Crippen LogP contribution < -0.4 is 10.6 Å². The van der Waals surface area contributed by atoms with Gasteiger partial charge in [0, 0.05) is 13.7 Å². The molecule has 0 saturated carbocycles. The van der Waals surface area contributed by atoms with Crippen LogP contribution in [0.25, 0.3) is 0 Å². The molecule has 0 aliphatic rings. The Morgan fingerprint density at radius 3 is 2.68 bits per heavy atom. The normalized spacial score (nSPS) is 11.9. The molecule has 6 nitrogen and oxygen atoms in total. The largest absolute Gasteiger partial charge is 0.383 e. The van der Waals surface area contributed by atoms with Crippen molar-refractivity contribution >= 4 is 11.7 Å². The number of ether oxygens (including phenoxy) is 1. The van der Waals surface area contributed by atoms with Crippen molar-refractivity contribution in [2.24, 2.45) is 0 Å². The fraction of sp³-hybridized carbons (Fsp3) is 0.615. The Bertz CT molecular complexity index is 375. The van der Waals surface area contributed by atoms with Crippen LogP contribution in [-0.4, -0.2) is 42.2 Å². The first kappa shape index (κ1) is 15.4. The summed E-state index contributed by atoms with van der Waals surface area (Å²) in [6, 6.07) is 0.0118. The first-order valence-corrected chi connectivity index (χ1v) is 6.56. The molecule has 0 radical (unpaired) electrons. The van der Waals surface area contributed by atoms with Gasteiger partial charge in [-0.15, -0.1) is 0 Å². The third-order valence-corrected chi connectivity index (χ3v) is 2.58. The highest BCUT2D eigenvalue weighted by molar-refractivity contribution is 5.92. The van der Waals surface area contributed by atoms with Crippen molar-refractivity contribution in [1.29, 1.82) is 0 Å². The minimum absolute atomic E-state index is 0.0118. The lowest BCUT2D eigenvalue weighted by atomic mass is 10.2. The fourth-order valence-corrected chi connectivity index (χ4v) is 1.72. The summed E-state index contributed by atoms with van der Waals surface area (Å²) in [6.45, 7) is 5.32. The topological polar surface area (TPSA) is 76.1 Å². The fourth-order valence-electron chi connectivity index (χ4n) is 1.72. The van der Waals surface area contributed by atoms with Crippen LogP contribution in [0.15, 0.2) is 12.4 Å². The molecule has 1 aromatic heterocycles. The third-order valence-electron chi connectivity index (χ3n) is 2.58. The van der Waals surface area contributed by atoms with Crippen molar-refractivity contribution in [3.05, 3.63) is 18.1 Å². The minimum Gasteiger partial charge on any atom is -0.383 e. The number of carbonyl (C=O) groups is 1. The molecule has 1 rings (SSSR count).